The molecule has 4 heteroatoms. The summed E-state index contributed by atoms with van der Waals surface area (Å²) in [6.07, 6.45) is 1.71. The molecule has 1 aromatic heterocycles. The second-order valence-electron chi connectivity index (χ2n) is 5.33. The van der Waals surface area contributed by atoms with Gasteiger partial charge in [-0.15, -0.1) is 0 Å². The van der Waals surface area contributed by atoms with E-state index in [4.69, 9.17) is 5.73 Å². The summed E-state index contributed by atoms with van der Waals surface area (Å²) in [5.41, 5.74) is 9.39. The SMILES string of the molecule is CCCc1nc(-c2ccc(C(C)C)c(N)c2)cc(=O)[nH]1. The minimum atomic E-state index is -0.120. The summed E-state index contributed by atoms with van der Waals surface area (Å²) in [5, 5.41) is 0. The van der Waals surface area contributed by atoms with Gasteiger partial charge in [0.05, 0.1) is 5.69 Å². The number of H-pyrrole nitrogens is 1. The Kier molecular flexibility index (Phi) is 4.23. The predicted octanol–water partition coefficient (Wildman–Crippen LogP) is 3.09. The number of anilines is 1. The number of aryl methyl sites for hydroxylation is 1. The van der Waals surface area contributed by atoms with Crippen molar-refractivity contribution in [2.75, 3.05) is 5.73 Å². The molecule has 20 heavy (non-hydrogen) atoms. The van der Waals surface area contributed by atoms with E-state index in [2.05, 4.69) is 30.7 Å². The van der Waals surface area contributed by atoms with Gasteiger partial charge in [0.1, 0.15) is 5.82 Å². The Morgan fingerprint density at radius 1 is 1.30 bits per heavy atom. The summed E-state index contributed by atoms with van der Waals surface area (Å²) >= 11 is 0. The maximum absolute atomic E-state index is 11.7. The van der Waals surface area contributed by atoms with Crippen LogP contribution in [0, 0.1) is 0 Å². The van der Waals surface area contributed by atoms with Gasteiger partial charge in [-0.1, -0.05) is 32.9 Å². The molecule has 4 nitrogen and oxygen atoms in total. The zero-order valence-electron chi connectivity index (χ0n) is 12.2. The molecule has 0 atom stereocenters. The average molecular weight is 271 g/mol. The Bertz CT molecular complexity index is 659. The van der Waals surface area contributed by atoms with Crippen molar-refractivity contribution in [2.24, 2.45) is 0 Å². The van der Waals surface area contributed by atoms with Crippen LogP contribution in [0.25, 0.3) is 11.3 Å². The molecule has 0 saturated carbocycles. The molecule has 1 heterocycles. The van der Waals surface area contributed by atoms with E-state index in [1.807, 2.05) is 18.2 Å². The minimum absolute atomic E-state index is 0.120. The van der Waals surface area contributed by atoms with Crippen molar-refractivity contribution in [1.29, 1.82) is 0 Å². The highest BCUT2D eigenvalue weighted by molar-refractivity contribution is 5.66. The lowest BCUT2D eigenvalue weighted by Gasteiger charge is -2.11. The number of nitrogens with two attached hydrogens (primary N) is 1. The van der Waals surface area contributed by atoms with Crippen LogP contribution >= 0.6 is 0 Å². The second-order valence-corrected chi connectivity index (χ2v) is 5.33. The first-order valence-electron chi connectivity index (χ1n) is 7.01. The third-order valence-electron chi connectivity index (χ3n) is 3.28. The molecular weight excluding hydrogens is 250 g/mol. The average Bonchev–Trinajstić information content (AvgIpc) is 2.37. The highest BCUT2D eigenvalue weighted by Crippen LogP contribution is 2.26. The zero-order valence-corrected chi connectivity index (χ0v) is 12.2. The third-order valence-corrected chi connectivity index (χ3v) is 3.28. The molecule has 0 spiro atoms. The van der Waals surface area contributed by atoms with E-state index in [-0.39, 0.29) is 5.56 Å². The number of aromatic nitrogens is 2. The molecule has 3 N–H and O–H groups in total. The summed E-state index contributed by atoms with van der Waals surface area (Å²) in [5.74, 6) is 1.10. The van der Waals surface area contributed by atoms with Crippen LogP contribution in [0.15, 0.2) is 29.1 Å². The monoisotopic (exact) mass is 271 g/mol. The van der Waals surface area contributed by atoms with Crippen molar-refractivity contribution >= 4 is 5.69 Å². The Morgan fingerprint density at radius 3 is 2.65 bits per heavy atom. The van der Waals surface area contributed by atoms with Crippen molar-refractivity contribution in [1.82, 2.24) is 9.97 Å². The fraction of sp³-hybridized carbons (Fsp3) is 0.375. The van der Waals surface area contributed by atoms with Crippen LogP contribution in [-0.2, 0) is 6.42 Å². The smallest absolute Gasteiger partial charge is 0.251 e. The maximum Gasteiger partial charge on any atom is 0.251 e. The third kappa shape index (κ3) is 3.07. The minimum Gasteiger partial charge on any atom is -0.398 e. The van der Waals surface area contributed by atoms with Crippen LogP contribution < -0.4 is 11.3 Å². The number of aromatic amines is 1. The molecule has 2 rings (SSSR count). The van der Waals surface area contributed by atoms with Gasteiger partial charge in [-0.3, -0.25) is 4.79 Å². The van der Waals surface area contributed by atoms with Gasteiger partial charge < -0.3 is 10.7 Å². The van der Waals surface area contributed by atoms with Crippen LogP contribution in [0.5, 0.6) is 0 Å². The van der Waals surface area contributed by atoms with Gasteiger partial charge in [0.25, 0.3) is 5.56 Å². The normalized spacial score (nSPS) is 11.0. The van der Waals surface area contributed by atoms with Gasteiger partial charge >= 0.3 is 0 Å². The first kappa shape index (κ1) is 14.3. The molecule has 0 fully saturated rings. The Morgan fingerprint density at radius 2 is 2.05 bits per heavy atom. The van der Waals surface area contributed by atoms with Gasteiger partial charge in [0.15, 0.2) is 0 Å². The van der Waals surface area contributed by atoms with E-state index in [0.717, 1.165) is 35.5 Å². The quantitative estimate of drug-likeness (QED) is 0.839. The summed E-state index contributed by atoms with van der Waals surface area (Å²) in [4.78, 5) is 19.0. The number of nitrogens with one attached hydrogen (secondary N) is 1. The lowest BCUT2D eigenvalue weighted by atomic mass is 9.98. The summed E-state index contributed by atoms with van der Waals surface area (Å²) in [7, 11) is 0. The molecule has 0 unspecified atom stereocenters. The number of hydrogen-bond donors (Lipinski definition) is 2. The molecule has 0 radical (unpaired) electrons. The van der Waals surface area contributed by atoms with E-state index in [0.29, 0.717) is 11.6 Å². The van der Waals surface area contributed by atoms with Crippen LogP contribution in [0.4, 0.5) is 5.69 Å². The molecule has 1 aromatic carbocycles. The molecule has 0 bridgehead atoms. The van der Waals surface area contributed by atoms with Crippen molar-refractivity contribution in [3.8, 4) is 11.3 Å². The molecule has 2 aromatic rings. The first-order chi connectivity index (χ1) is 9.51. The summed E-state index contributed by atoms with van der Waals surface area (Å²) < 4.78 is 0. The number of nitrogen functional groups attached to an aromatic ring is 1. The molecule has 106 valence electrons. The Labute approximate surface area is 119 Å². The predicted molar refractivity (Wildman–Crippen MR) is 82.8 cm³/mol. The largest absolute Gasteiger partial charge is 0.398 e. The summed E-state index contributed by atoms with van der Waals surface area (Å²) in [6.45, 7) is 6.27. The van der Waals surface area contributed by atoms with Crippen molar-refractivity contribution in [2.45, 2.75) is 39.5 Å². The molecule has 0 aliphatic rings. The standard InChI is InChI=1S/C16H21N3O/c1-4-5-15-18-14(9-16(20)19-15)11-6-7-12(10(2)3)13(17)8-11/h6-10H,4-5,17H2,1-3H3,(H,18,19,20). The van der Waals surface area contributed by atoms with Gasteiger partial charge in [-0.05, 0) is 24.0 Å². The lowest BCUT2D eigenvalue weighted by molar-refractivity contribution is 0.827. The number of nitrogens with zero attached hydrogens (tertiary/aromatic N) is 1. The lowest BCUT2D eigenvalue weighted by Crippen LogP contribution is -2.11. The van der Waals surface area contributed by atoms with E-state index in [1.165, 1.54) is 6.07 Å². The Balaban J connectivity index is 2.46. The fourth-order valence-electron chi connectivity index (χ4n) is 2.27. The van der Waals surface area contributed by atoms with E-state index in [9.17, 15) is 4.79 Å². The molecule has 0 amide bonds. The first-order valence-corrected chi connectivity index (χ1v) is 7.01. The fourth-order valence-corrected chi connectivity index (χ4v) is 2.27. The van der Waals surface area contributed by atoms with E-state index >= 15 is 0 Å². The van der Waals surface area contributed by atoms with Gasteiger partial charge in [-0.25, -0.2) is 4.98 Å². The topological polar surface area (TPSA) is 71.8 Å². The van der Waals surface area contributed by atoms with Crippen LogP contribution in [0.1, 0.15) is 44.5 Å². The van der Waals surface area contributed by atoms with Crippen LogP contribution in [0.3, 0.4) is 0 Å². The number of hydrogen-bond acceptors (Lipinski definition) is 3. The van der Waals surface area contributed by atoms with Crippen LogP contribution in [0.2, 0.25) is 0 Å². The Hall–Kier alpha value is -2.10. The number of rotatable bonds is 4. The highest BCUT2D eigenvalue weighted by atomic mass is 16.1. The van der Waals surface area contributed by atoms with Crippen molar-refractivity contribution in [3.05, 3.63) is 46.0 Å². The highest BCUT2D eigenvalue weighted by Gasteiger charge is 2.08. The van der Waals surface area contributed by atoms with Gasteiger partial charge in [-0.2, -0.15) is 0 Å². The van der Waals surface area contributed by atoms with E-state index < -0.39 is 0 Å². The van der Waals surface area contributed by atoms with Crippen molar-refractivity contribution < 1.29 is 0 Å². The second kappa shape index (κ2) is 5.90. The molecule has 0 saturated heterocycles. The molecule has 0 aliphatic heterocycles. The molecular formula is C16H21N3O. The van der Waals surface area contributed by atoms with Gasteiger partial charge in [0, 0.05) is 23.7 Å². The summed E-state index contributed by atoms with van der Waals surface area (Å²) in [6, 6.07) is 7.40. The van der Waals surface area contributed by atoms with E-state index in [1.54, 1.807) is 0 Å². The van der Waals surface area contributed by atoms with Crippen molar-refractivity contribution in [3.63, 3.8) is 0 Å². The maximum atomic E-state index is 11.7. The van der Waals surface area contributed by atoms with Crippen LogP contribution in [-0.4, -0.2) is 9.97 Å². The number of benzene rings is 1. The molecule has 0 aliphatic carbocycles. The van der Waals surface area contributed by atoms with Gasteiger partial charge in [0.2, 0.25) is 0 Å². The zero-order chi connectivity index (χ0) is 14.7.